The third kappa shape index (κ3) is 4.74. The Bertz CT molecular complexity index is 1750. The number of aromatic nitrogens is 3. The Balaban J connectivity index is 1.20. The molecular weight excluding hydrogens is 565 g/mol. The van der Waals surface area contributed by atoms with E-state index in [-0.39, 0.29) is 23.8 Å². The lowest BCUT2D eigenvalue weighted by Gasteiger charge is -2.48. The molecule has 4 aliphatic rings. The molecule has 3 aliphatic heterocycles. The quantitative estimate of drug-likeness (QED) is 0.259. The van der Waals surface area contributed by atoms with Crippen LogP contribution in [0.2, 0.25) is 0 Å². The predicted octanol–water partition coefficient (Wildman–Crippen LogP) is 6.55. The second-order valence-corrected chi connectivity index (χ2v) is 13.7. The van der Waals surface area contributed by atoms with E-state index >= 15 is 0 Å². The number of halogens is 1. The number of hydrogen-bond donors (Lipinski definition) is 2. The van der Waals surface area contributed by atoms with Crippen molar-refractivity contribution in [3.05, 3.63) is 66.2 Å². The normalized spacial score (nSPS) is 23.1. The molecule has 9 heteroatoms. The molecule has 0 radical (unpaired) electrons. The minimum atomic E-state index is -0.458. The number of likely N-dealkylation sites (tertiary alicyclic amines) is 1. The van der Waals surface area contributed by atoms with Gasteiger partial charge in [0.25, 0.3) is 0 Å². The first kappa shape index (κ1) is 28.6. The average Bonchev–Trinajstić information content (AvgIpc) is 3.57. The van der Waals surface area contributed by atoms with Crippen LogP contribution in [0.25, 0.3) is 22.3 Å². The highest BCUT2D eigenvalue weighted by atomic mass is 19.1. The molecule has 2 N–H and O–H groups in total. The van der Waals surface area contributed by atoms with Crippen molar-refractivity contribution in [3.8, 4) is 11.3 Å². The number of rotatable bonds is 6. The van der Waals surface area contributed by atoms with E-state index in [9.17, 15) is 9.18 Å². The largest absolute Gasteiger partial charge is 0.336 e. The van der Waals surface area contributed by atoms with Crippen LogP contribution in [0.5, 0.6) is 0 Å². The summed E-state index contributed by atoms with van der Waals surface area (Å²) < 4.78 is 16.9. The Morgan fingerprint density at radius 3 is 2.53 bits per heavy atom. The van der Waals surface area contributed by atoms with Crippen molar-refractivity contribution in [3.63, 3.8) is 0 Å². The van der Waals surface area contributed by atoms with E-state index in [4.69, 9.17) is 9.97 Å². The van der Waals surface area contributed by atoms with Crippen LogP contribution >= 0.6 is 0 Å². The summed E-state index contributed by atoms with van der Waals surface area (Å²) in [5, 5.41) is 6.74. The van der Waals surface area contributed by atoms with Crippen molar-refractivity contribution in [1.82, 2.24) is 24.8 Å². The monoisotopic (exact) mass is 607 g/mol. The lowest BCUT2D eigenvalue weighted by atomic mass is 9.74. The number of fused-ring (bicyclic) bond motifs is 3. The first-order valence-electron chi connectivity index (χ1n) is 16.8. The summed E-state index contributed by atoms with van der Waals surface area (Å²) >= 11 is 0. The third-order valence-corrected chi connectivity index (χ3v) is 10.7. The fraction of sp³-hybridized carbons (Fsp3) is 0.472. The van der Waals surface area contributed by atoms with Crippen LogP contribution in [-0.2, 0) is 10.2 Å². The molecule has 234 valence electrons. The summed E-state index contributed by atoms with van der Waals surface area (Å²) in [5.41, 5.74) is 5.42. The number of anilines is 3. The fourth-order valence-electron chi connectivity index (χ4n) is 8.18. The van der Waals surface area contributed by atoms with Crippen LogP contribution in [0.4, 0.5) is 21.6 Å². The van der Waals surface area contributed by atoms with Gasteiger partial charge in [-0.15, -0.1) is 0 Å². The summed E-state index contributed by atoms with van der Waals surface area (Å²) in [7, 11) is 0. The Hall–Kier alpha value is -3.82. The van der Waals surface area contributed by atoms with E-state index in [0.717, 1.165) is 72.3 Å². The minimum absolute atomic E-state index is 0.154. The van der Waals surface area contributed by atoms with Gasteiger partial charge in [0.05, 0.1) is 28.6 Å². The fourth-order valence-corrected chi connectivity index (χ4v) is 8.18. The molecule has 1 aliphatic carbocycles. The molecule has 2 saturated heterocycles. The molecule has 5 heterocycles. The number of carbonyl (C=O) groups excluding carboxylic acids is 1. The summed E-state index contributed by atoms with van der Waals surface area (Å²) in [5.74, 6) is 0.500. The van der Waals surface area contributed by atoms with E-state index in [0.29, 0.717) is 17.5 Å². The lowest BCUT2D eigenvalue weighted by molar-refractivity contribution is -0.125. The number of amides is 1. The summed E-state index contributed by atoms with van der Waals surface area (Å²) in [6, 6.07) is 16.1. The van der Waals surface area contributed by atoms with Gasteiger partial charge in [0.15, 0.2) is 5.82 Å². The van der Waals surface area contributed by atoms with Crippen molar-refractivity contribution in [2.24, 2.45) is 0 Å². The van der Waals surface area contributed by atoms with Crippen molar-refractivity contribution >= 4 is 34.1 Å². The summed E-state index contributed by atoms with van der Waals surface area (Å²) in [6.07, 6.45) is 9.45. The Morgan fingerprint density at radius 1 is 1.00 bits per heavy atom. The second kappa shape index (κ2) is 11.2. The molecule has 0 unspecified atom stereocenters. The number of carbonyl (C=O) groups is 1. The molecule has 8 rings (SSSR count). The first-order chi connectivity index (χ1) is 21.9. The molecule has 4 aromatic rings. The smallest absolute Gasteiger partial charge is 0.238 e. The summed E-state index contributed by atoms with van der Waals surface area (Å²) in [4.78, 5) is 29.1. The highest BCUT2D eigenvalue weighted by Crippen LogP contribution is 2.51. The molecule has 1 saturated carbocycles. The highest BCUT2D eigenvalue weighted by molar-refractivity contribution is 6.09. The Kier molecular flexibility index (Phi) is 7.13. The molecule has 2 aromatic carbocycles. The Morgan fingerprint density at radius 2 is 1.78 bits per heavy atom. The van der Waals surface area contributed by atoms with Crippen molar-refractivity contribution in [2.45, 2.75) is 82.3 Å². The van der Waals surface area contributed by atoms with Gasteiger partial charge in [-0.1, -0.05) is 30.7 Å². The van der Waals surface area contributed by atoms with Crippen LogP contribution in [0.1, 0.15) is 70.4 Å². The van der Waals surface area contributed by atoms with Gasteiger partial charge in [-0.2, -0.15) is 0 Å². The Labute approximate surface area is 264 Å². The van der Waals surface area contributed by atoms with Gasteiger partial charge < -0.3 is 25.0 Å². The van der Waals surface area contributed by atoms with Gasteiger partial charge in [0, 0.05) is 29.4 Å². The third-order valence-electron chi connectivity index (χ3n) is 10.7. The summed E-state index contributed by atoms with van der Waals surface area (Å²) in [6.45, 7) is 8.27. The molecule has 1 spiro atoms. The number of pyridine rings is 1. The second-order valence-electron chi connectivity index (χ2n) is 13.7. The number of piperidine rings is 2. The van der Waals surface area contributed by atoms with E-state index in [2.05, 4.69) is 57.0 Å². The van der Waals surface area contributed by atoms with E-state index in [1.807, 2.05) is 18.5 Å². The van der Waals surface area contributed by atoms with E-state index in [1.165, 1.54) is 38.4 Å². The number of imidazole rings is 1. The van der Waals surface area contributed by atoms with Gasteiger partial charge in [0.2, 0.25) is 5.91 Å². The van der Waals surface area contributed by atoms with Gasteiger partial charge >= 0.3 is 0 Å². The first-order valence-corrected chi connectivity index (χ1v) is 16.8. The van der Waals surface area contributed by atoms with Gasteiger partial charge in [0.1, 0.15) is 11.3 Å². The topological polar surface area (TPSA) is 78.3 Å². The van der Waals surface area contributed by atoms with Crippen LogP contribution in [-0.4, -0.2) is 63.6 Å². The van der Waals surface area contributed by atoms with Crippen LogP contribution in [0, 0.1) is 5.82 Å². The predicted molar refractivity (Wildman–Crippen MR) is 177 cm³/mol. The van der Waals surface area contributed by atoms with Crippen molar-refractivity contribution in [1.29, 1.82) is 0 Å². The average molecular weight is 608 g/mol. The molecule has 0 atom stereocenters. The molecule has 2 aromatic heterocycles. The van der Waals surface area contributed by atoms with E-state index in [1.54, 1.807) is 12.1 Å². The standard InChI is InChI=1S/C36H42FN7O/c1-23(2)43-22-39-31-21-30(41-34(33(31)43)40-29-9-5-4-8-28(29)37)24-10-11-27-32(18-24)44(35(45)36(27)12-14-38-15-13-36)26-19-25(20-26)42-16-6-3-7-17-42/h4-5,8-11,18,21-23,25-26,38H,3,6-7,12-17,19-20H2,1-2H3,(H,40,41). The maximum atomic E-state index is 14.8. The van der Waals surface area contributed by atoms with Crippen LogP contribution < -0.4 is 15.5 Å². The van der Waals surface area contributed by atoms with Gasteiger partial charge in [-0.05, 0) is 108 Å². The number of hydrogen-bond acceptors (Lipinski definition) is 6. The molecule has 8 nitrogen and oxygen atoms in total. The number of nitrogens with zero attached hydrogens (tertiary/aromatic N) is 5. The van der Waals surface area contributed by atoms with Gasteiger partial charge in [-0.3, -0.25) is 4.79 Å². The SMILES string of the molecule is CC(C)n1cnc2cc(-c3ccc4c(c3)N(C3CC(N5CCCCC5)C3)C(=O)C43CCNCC3)nc(Nc3ccccc3F)c21. The van der Waals surface area contributed by atoms with Crippen LogP contribution in [0.3, 0.4) is 0 Å². The molecule has 1 amide bonds. The molecule has 45 heavy (non-hydrogen) atoms. The molecule has 0 bridgehead atoms. The molecule has 3 fully saturated rings. The van der Waals surface area contributed by atoms with E-state index < -0.39 is 5.41 Å². The minimum Gasteiger partial charge on any atom is -0.336 e. The number of para-hydroxylation sites is 1. The van der Waals surface area contributed by atoms with Crippen LogP contribution in [0.15, 0.2) is 54.9 Å². The van der Waals surface area contributed by atoms with Crippen molar-refractivity contribution in [2.75, 3.05) is 36.4 Å². The zero-order valence-electron chi connectivity index (χ0n) is 26.2. The highest BCUT2D eigenvalue weighted by Gasteiger charge is 2.54. The molecular formula is C36H42FN7O. The lowest BCUT2D eigenvalue weighted by Crippen LogP contribution is -2.58. The van der Waals surface area contributed by atoms with Gasteiger partial charge in [-0.25, -0.2) is 14.4 Å². The zero-order chi connectivity index (χ0) is 30.7. The maximum absolute atomic E-state index is 14.8. The maximum Gasteiger partial charge on any atom is 0.238 e. The number of benzene rings is 2. The zero-order valence-corrected chi connectivity index (χ0v) is 26.2. The van der Waals surface area contributed by atoms with Crippen molar-refractivity contribution < 1.29 is 9.18 Å². The number of nitrogens with one attached hydrogen (secondary N) is 2.